The number of carbonyl (C=O) groups is 1. The van der Waals surface area contributed by atoms with E-state index in [2.05, 4.69) is 26.1 Å². The lowest BCUT2D eigenvalue weighted by Crippen LogP contribution is -2.30. The van der Waals surface area contributed by atoms with Crippen LogP contribution in [0.5, 0.6) is 0 Å². The Balaban J connectivity index is 1.88. The first-order chi connectivity index (χ1) is 15.1. The van der Waals surface area contributed by atoms with Crippen molar-refractivity contribution in [2.45, 2.75) is 6.18 Å². The predicted molar refractivity (Wildman–Crippen MR) is 111 cm³/mol. The quantitative estimate of drug-likeness (QED) is 0.322. The van der Waals surface area contributed by atoms with E-state index in [0.29, 0.717) is 11.1 Å². The molecular formula is C18H11Cl2F3N6O3. The van der Waals surface area contributed by atoms with Gasteiger partial charge in [0, 0.05) is 10.6 Å². The van der Waals surface area contributed by atoms with Crippen molar-refractivity contribution < 1.29 is 22.9 Å². The van der Waals surface area contributed by atoms with Gasteiger partial charge in [-0.2, -0.15) is 13.2 Å². The van der Waals surface area contributed by atoms with Gasteiger partial charge in [-0.1, -0.05) is 23.2 Å². The zero-order valence-electron chi connectivity index (χ0n) is 15.6. The van der Waals surface area contributed by atoms with E-state index in [-0.39, 0.29) is 16.3 Å². The van der Waals surface area contributed by atoms with Gasteiger partial charge in [0.1, 0.15) is 6.33 Å². The third-order valence-corrected chi connectivity index (χ3v) is 4.53. The largest absolute Gasteiger partial charge is 0.416 e. The van der Waals surface area contributed by atoms with Crippen LogP contribution in [0.25, 0.3) is 0 Å². The van der Waals surface area contributed by atoms with Crippen LogP contribution in [0.3, 0.4) is 0 Å². The molecule has 14 heteroatoms. The Labute approximate surface area is 187 Å². The molecule has 166 valence electrons. The van der Waals surface area contributed by atoms with E-state index in [9.17, 15) is 28.1 Å². The molecule has 0 saturated heterocycles. The Bertz CT molecular complexity index is 1180. The van der Waals surface area contributed by atoms with Gasteiger partial charge in [0.2, 0.25) is 11.6 Å². The topological polar surface area (TPSA) is 122 Å². The van der Waals surface area contributed by atoms with Crippen molar-refractivity contribution >= 4 is 52.1 Å². The molecule has 0 unspecified atom stereocenters. The summed E-state index contributed by atoms with van der Waals surface area (Å²) < 4.78 is 39.0. The van der Waals surface area contributed by atoms with E-state index in [0.717, 1.165) is 18.5 Å². The number of nitrogens with zero attached hydrogens (tertiary/aromatic N) is 3. The van der Waals surface area contributed by atoms with Gasteiger partial charge in [-0.05, 0) is 42.5 Å². The number of hydrazine groups is 1. The summed E-state index contributed by atoms with van der Waals surface area (Å²) in [4.78, 5) is 30.3. The molecule has 0 bridgehead atoms. The summed E-state index contributed by atoms with van der Waals surface area (Å²) in [5.74, 6) is -1.52. The van der Waals surface area contributed by atoms with E-state index in [4.69, 9.17) is 23.2 Å². The van der Waals surface area contributed by atoms with Crippen molar-refractivity contribution in [1.82, 2.24) is 15.4 Å². The number of rotatable bonds is 6. The van der Waals surface area contributed by atoms with Gasteiger partial charge in [0.25, 0.3) is 5.91 Å². The second-order valence-corrected chi connectivity index (χ2v) is 6.92. The molecule has 3 aromatic rings. The summed E-state index contributed by atoms with van der Waals surface area (Å²) in [7, 11) is 0. The molecule has 3 rings (SSSR count). The first-order valence-electron chi connectivity index (χ1n) is 8.51. The van der Waals surface area contributed by atoms with Crippen molar-refractivity contribution in [1.29, 1.82) is 0 Å². The number of nitrogens with one attached hydrogen (secondary N) is 3. The van der Waals surface area contributed by atoms with Gasteiger partial charge in [-0.15, -0.1) is 0 Å². The molecule has 0 spiro atoms. The lowest BCUT2D eigenvalue weighted by Gasteiger charge is -2.13. The molecule has 9 nitrogen and oxygen atoms in total. The fourth-order valence-electron chi connectivity index (χ4n) is 2.45. The normalized spacial score (nSPS) is 11.0. The van der Waals surface area contributed by atoms with E-state index in [1.165, 1.54) is 24.3 Å². The second kappa shape index (κ2) is 9.24. The van der Waals surface area contributed by atoms with Crippen molar-refractivity contribution in [3.63, 3.8) is 0 Å². The molecule has 1 aromatic heterocycles. The Morgan fingerprint density at radius 3 is 2.31 bits per heavy atom. The maximum Gasteiger partial charge on any atom is 0.416 e. The number of hydrogen-bond donors (Lipinski definition) is 3. The van der Waals surface area contributed by atoms with E-state index >= 15 is 0 Å². The molecule has 0 aliphatic rings. The number of alkyl halides is 3. The number of nitro groups is 1. The van der Waals surface area contributed by atoms with Crippen LogP contribution in [0, 0.1) is 10.1 Å². The predicted octanol–water partition coefficient (Wildman–Crippen LogP) is 5.21. The molecule has 2 aromatic carbocycles. The molecule has 0 saturated carbocycles. The molecule has 0 radical (unpaired) electrons. The number of benzene rings is 2. The zero-order valence-corrected chi connectivity index (χ0v) is 17.1. The highest BCUT2D eigenvalue weighted by atomic mass is 35.5. The van der Waals surface area contributed by atoms with Gasteiger partial charge in [-0.3, -0.25) is 25.8 Å². The van der Waals surface area contributed by atoms with Crippen LogP contribution in [0.2, 0.25) is 10.0 Å². The van der Waals surface area contributed by atoms with Crippen LogP contribution in [0.15, 0.2) is 48.8 Å². The standard InChI is InChI=1S/C18H11Cl2F3N6O3/c19-11-4-1-9(2-5-11)17(30)28-27-16-14(29(31)32)15(24-8-25-16)26-13-7-10(18(21,22)23)3-6-12(13)20/h1-8H,(H,28,30)(H2,24,25,26,27). The fourth-order valence-corrected chi connectivity index (χ4v) is 2.74. The summed E-state index contributed by atoms with van der Waals surface area (Å²) >= 11 is 11.7. The molecule has 32 heavy (non-hydrogen) atoms. The van der Waals surface area contributed by atoms with Crippen molar-refractivity contribution in [3.8, 4) is 0 Å². The monoisotopic (exact) mass is 486 g/mol. The van der Waals surface area contributed by atoms with Gasteiger partial charge < -0.3 is 5.32 Å². The lowest BCUT2D eigenvalue weighted by atomic mass is 10.2. The number of carbonyl (C=O) groups excluding carboxylic acids is 1. The Morgan fingerprint density at radius 1 is 1.03 bits per heavy atom. The van der Waals surface area contributed by atoms with Crippen LogP contribution in [0.1, 0.15) is 15.9 Å². The molecular weight excluding hydrogens is 476 g/mol. The minimum Gasteiger partial charge on any atom is -0.333 e. The molecule has 0 aliphatic carbocycles. The Hall–Kier alpha value is -3.64. The van der Waals surface area contributed by atoms with E-state index in [1.54, 1.807) is 0 Å². The molecule has 0 aliphatic heterocycles. The zero-order chi connectivity index (χ0) is 23.5. The second-order valence-electron chi connectivity index (χ2n) is 6.08. The van der Waals surface area contributed by atoms with Crippen LogP contribution < -0.4 is 16.2 Å². The number of amides is 1. The number of halogens is 5. The van der Waals surface area contributed by atoms with Crippen LogP contribution in [-0.2, 0) is 6.18 Å². The third kappa shape index (κ3) is 5.34. The summed E-state index contributed by atoms with van der Waals surface area (Å²) in [5.41, 5.74) is 2.72. The minimum atomic E-state index is -4.66. The maximum absolute atomic E-state index is 13.0. The van der Waals surface area contributed by atoms with Gasteiger partial charge >= 0.3 is 11.9 Å². The minimum absolute atomic E-state index is 0.128. The SMILES string of the molecule is O=C(NNc1ncnc(Nc2cc(C(F)(F)F)ccc2Cl)c1[N+](=O)[O-])c1ccc(Cl)cc1. The first-order valence-corrected chi connectivity index (χ1v) is 9.27. The lowest BCUT2D eigenvalue weighted by molar-refractivity contribution is -0.383. The van der Waals surface area contributed by atoms with E-state index < -0.39 is 39.9 Å². The highest BCUT2D eigenvalue weighted by Gasteiger charge is 2.31. The highest BCUT2D eigenvalue weighted by molar-refractivity contribution is 6.33. The van der Waals surface area contributed by atoms with Crippen molar-refractivity contribution in [2.75, 3.05) is 10.7 Å². The van der Waals surface area contributed by atoms with Gasteiger partial charge in [0.15, 0.2) is 0 Å². The number of aromatic nitrogens is 2. The summed E-state index contributed by atoms with van der Waals surface area (Å²) in [6, 6.07) is 8.25. The average Bonchev–Trinajstić information content (AvgIpc) is 2.73. The fraction of sp³-hybridized carbons (Fsp3) is 0.0556. The highest BCUT2D eigenvalue weighted by Crippen LogP contribution is 2.37. The number of anilines is 3. The smallest absolute Gasteiger partial charge is 0.333 e. The summed E-state index contributed by atoms with van der Waals surface area (Å²) in [6.45, 7) is 0. The van der Waals surface area contributed by atoms with Gasteiger partial charge in [-0.25, -0.2) is 9.97 Å². The third-order valence-electron chi connectivity index (χ3n) is 3.95. The average molecular weight is 487 g/mol. The molecule has 0 atom stereocenters. The molecule has 1 heterocycles. The summed E-state index contributed by atoms with van der Waals surface area (Å²) in [5, 5.41) is 14.3. The Kier molecular flexibility index (Phi) is 6.65. The van der Waals surface area contributed by atoms with Crippen LogP contribution in [-0.4, -0.2) is 20.8 Å². The van der Waals surface area contributed by atoms with Crippen molar-refractivity contribution in [2.24, 2.45) is 0 Å². The molecule has 3 N–H and O–H groups in total. The van der Waals surface area contributed by atoms with Crippen LogP contribution in [0.4, 0.5) is 36.2 Å². The summed E-state index contributed by atoms with van der Waals surface area (Å²) in [6.07, 6.45) is -3.75. The molecule has 1 amide bonds. The Morgan fingerprint density at radius 2 is 1.69 bits per heavy atom. The first kappa shape index (κ1) is 23.0. The maximum atomic E-state index is 13.0. The number of hydrogen-bond acceptors (Lipinski definition) is 7. The van der Waals surface area contributed by atoms with E-state index in [1.807, 2.05) is 0 Å². The van der Waals surface area contributed by atoms with Gasteiger partial charge in [0.05, 0.1) is 21.2 Å². The van der Waals surface area contributed by atoms with Crippen molar-refractivity contribution in [3.05, 3.63) is 80.1 Å². The van der Waals surface area contributed by atoms with Crippen LogP contribution >= 0.6 is 23.2 Å². The molecule has 0 fully saturated rings.